The third kappa shape index (κ3) is 4.68. The number of rotatable bonds is 5. The summed E-state index contributed by atoms with van der Waals surface area (Å²) in [5, 5.41) is 3.66. The van der Waals surface area contributed by atoms with Gasteiger partial charge in [0.1, 0.15) is 11.9 Å². The van der Waals surface area contributed by atoms with Gasteiger partial charge in [-0.3, -0.25) is 0 Å². The van der Waals surface area contributed by atoms with Crippen LogP contribution in [0.3, 0.4) is 0 Å². The second-order valence-electron chi connectivity index (χ2n) is 6.15. The average molecular weight is 375 g/mol. The van der Waals surface area contributed by atoms with Gasteiger partial charge in [0.15, 0.2) is 0 Å². The Morgan fingerprint density at radius 1 is 1.31 bits per heavy atom. The fourth-order valence-electron chi connectivity index (χ4n) is 3.07. The number of benzene rings is 2. The number of carbonyl (C=O) groups excluding carboxylic acids is 1. The summed E-state index contributed by atoms with van der Waals surface area (Å²) in [4.78, 5) is 14.3. The Balaban J connectivity index is 1.53. The molecule has 0 bridgehead atoms. The van der Waals surface area contributed by atoms with E-state index in [-0.39, 0.29) is 12.1 Å². The van der Waals surface area contributed by atoms with E-state index in [1.165, 1.54) is 0 Å². The van der Waals surface area contributed by atoms with Gasteiger partial charge in [-0.15, -0.1) is 0 Å². The molecule has 0 aromatic heterocycles. The third-order valence-electron chi connectivity index (χ3n) is 4.44. The van der Waals surface area contributed by atoms with Crippen LogP contribution >= 0.6 is 11.6 Å². The highest BCUT2D eigenvalue weighted by Gasteiger charge is 2.25. The van der Waals surface area contributed by atoms with Crippen molar-refractivity contribution in [2.45, 2.75) is 12.5 Å². The molecule has 138 valence electrons. The lowest BCUT2D eigenvalue weighted by molar-refractivity contribution is -0.0153. The molecule has 0 saturated carbocycles. The molecule has 0 spiro atoms. The van der Waals surface area contributed by atoms with Crippen molar-refractivity contribution in [1.82, 2.24) is 10.2 Å². The molecular formula is C20H23ClN2O3. The van der Waals surface area contributed by atoms with Crippen LogP contribution in [0.25, 0.3) is 0 Å². The summed E-state index contributed by atoms with van der Waals surface area (Å²) < 4.78 is 11.1. The summed E-state index contributed by atoms with van der Waals surface area (Å²) >= 11 is 6.06. The van der Waals surface area contributed by atoms with E-state index < -0.39 is 0 Å². The third-order valence-corrected chi connectivity index (χ3v) is 4.67. The molecule has 26 heavy (non-hydrogen) atoms. The molecule has 1 N–H and O–H groups in total. The van der Waals surface area contributed by atoms with Gasteiger partial charge in [-0.1, -0.05) is 41.9 Å². The molecule has 1 saturated heterocycles. The summed E-state index contributed by atoms with van der Waals surface area (Å²) in [5.41, 5.74) is 2.07. The van der Waals surface area contributed by atoms with Crippen molar-refractivity contribution in [1.29, 1.82) is 0 Å². The predicted molar refractivity (Wildman–Crippen MR) is 102 cm³/mol. The topological polar surface area (TPSA) is 50.8 Å². The molecule has 0 aliphatic carbocycles. The van der Waals surface area contributed by atoms with Crippen molar-refractivity contribution in [3.8, 4) is 5.75 Å². The summed E-state index contributed by atoms with van der Waals surface area (Å²) in [6.45, 7) is 2.16. The van der Waals surface area contributed by atoms with Gasteiger partial charge in [0.25, 0.3) is 0 Å². The number of nitrogens with zero attached hydrogens (tertiary/aromatic N) is 1. The zero-order valence-electron chi connectivity index (χ0n) is 14.8. The number of para-hydroxylation sites is 1. The van der Waals surface area contributed by atoms with Crippen molar-refractivity contribution in [3.05, 3.63) is 64.7 Å². The molecule has 1 fully saturated rings. The fraction of sp³-hybridized carbons (Fsp3) is 0.350. The van der Waals surface area contributed by atoms with Crippen LogP contribution in [0, 0.1) is 0 Å². The van der Waals surface area contributed by atoms with Gasteiger partial charge in [0, 0.05) is 18.1 Å². The number of morpholine rings is 1. The highest BCUT2D eigenvalue weighted by molar-refractivity contribution is 6.30. The molecule has 2 aromatic rings. The second-order valence-corrected chi connectivity index (χ2v) is 6.59. The van der Waals surface area contributed by atoms with Crippen molar-refractivity contribution < 1.29 is 14.3 Å². The molecule has 1 unspecified atom stereocenters. The lowest BCUT2D eigenvalue weighted by atomic mass is 10.1. The van der Waals surface area contributed by atoms with E-state index >= 15 is 0 Å². The Kier molecular flexibility index (Phi) is 6.36. The molecule has 5 nitrogen and oxygen atoms in total. The number of methoxy groups -OCH3 is 1. The fourth-order valence-corrected chi connectivity index (χ4v) is 3.27. The summed E-state index contributed by atoms with van der Waals surface area (Å²) in [5.74, 6) is 0.842. The molecule has 2 amide bonds. The van der Waals surface area contributed by atoms with Crippen LogP contribution in [0.1, 0.15) is 17.2 Å². The maximum absolute atomic E-state index is 12.5. The molecule has 1 atom stereocenters. The highest BCUT2D eigenvalue weighted by Crippen LogP contribution is 2.24. The van der Waals surface area contributed by atoms with E-state index in [1.54, 1.807) is 12.0 Å². The zero-order valence-corrected chi connectivity index (χ0v) is 15.5. The van der Waals surface area contributed by atoms with Crippen molar-refractivity contribution >= 4 is 17.6 Å². The summed E-state index contributed by atoms with van der Waals surface area (Å²) in [6, 6.07) is 15.3. The van der Waals surface area contributed by atoms with Gasteiger partial charge < -0.3 is 19.7 Å². The normalized spacial score (nSPS) is 17.0. The van der Waals surface area contributed by atoms with Gasteiger partial charge in [-0.05, 0) is 35.7 Å². The molecule has 2 aromatic carbocycles. The molecule has 0 radical (unpaired) electrons. The summed E-state index contributed by atoms with van der Waals surface area (Å²) in [6.07, 6.45) is 0.570. The maximum Gasteiger partial charge on any atom is 0.317 e. The second kappa shape index (κ2) is 8.92. The van der Waals surface area contributed by atoms with Crippen LogP contribution in [0.4, 0.5) is 4.79 Å². The maximum atomic E-state index is 12.5. The summed E-state index contributed by atoms with van der Waals surface area (Å²) in [7, 11) is 1.65. The number of nitrogens with one attached hydrogen (secondary N) is 1. The number of hydrogen-bond acceptors (Lipinski definition) is 3. The smallest absolute Gasteiger partial charge is 0.317 e. The molecule has 3 rings (SSSR count). The number of amides is 2. The monoisotopic (exact) mass is 374 g/mol. The van der Waals surface area contributed by atoms with E-state index in [9.17, 15) is 4.79 Å². The average Bonchev–Trinajstić information content (AvgIpc) is 2.68. The molecule has 1 aliphatic rings. The van der Waals surface area contributed by atoms with Crippen LogP contribution in [0.5, 0.6) is 5.75 Å². The minimum Gasteiger partial charge on any atom is -0.496 e. The Bertz CT molecular complexity index is 753. The van der Waals surface area contributed by atoms with E-state index in [4.69, 9.17) is 21.1 Å². The van der Waals surface area contributed by atoms with Crippen LogP contribution in [0.15, 0.2) is 48.5 Å². The number of halogens is 1. The number of carbonyl (C=O) groups is 1. The van der Waals surface area contributed by atoms with Crippen molar-refractivity contribution in [2.75, 3.05) is 33.4 Å². The van der Waals surface area contributed by atoms with Gasteiger partial charge in [0.2, 0.25) is 0 Å². The number of urea groups is 1. The van der Waals surface area contributed by atoms with Crippen LogP contribution in [-0.2, 0) is 11.2 Å². The van der Waals surface area contributed by atoms with Crippen LogP contribution < -0.4 is 10.1 Å². The first-order valence-electron chi connectivity index (χ1n) is 8.69. The zero-order chi connectivity index (χ0) is 18.4. The van der Waals surface area contributed by atoms with Gasteiger partial charge >= 0.3 is 6.03 Å². The van der Waals surface area contributed by atoms with Gasteiger partial charge in [-0.25, -0.2) is 4.79 Å². The number of hydrogen-bond donors (Lipinski definition) is 1. The van der Waals surface area contributed by atoms with E-state index in [0.29, 0.717) is 31.3 Å². The van der Waals surface area contributed by atoms with Crippen molar-refractivity contribution in [3.63, 3.8) is 0 Å². The lowest BCUT2D eigenvalue weighted by Crippen LogP contribution is -2.47. The number of ether oxygens (including phenoxy) is 2. The van der Waals surface area contributed by atoms with E-state index in [2.05, 4.69) is 5.32 Å². The minimum absolute atomic E-state index is 0.0739. The largest absolute Gasteiger partial charge is 0.496 e. The minimum atomic E-state index is -0.151. The van der Waals surface area contributed by atoms with Crippen molar-refractivity contribution in [2.24, 2.45) is 0 Å². The van der Waals surface area contributed by atoms with Crippen LogP contribution in [0.2, 0.25) is 5.02 Å². The molecule has 6 heteroatoms. The SMILES string of the molecule is COc1ccccc1CCNC(=O)N1CCOC(c2cccc(Cl)c2)C1. The van der Waals surface area contributed by atoms with Gasteiger partial charge in [0.05, 0.1) is 20.3 Å². The van der Waals surface area contributed by atoms with E-state index in [0.717, 1.165) is 23.3 Å². The quantitative estimate of drug-likeness (QED) is 0.868. The van der Waals surface area contributed by atoms with Crippen LogP contribution in [-0.4, -0.2) is 44.3 Å². The first-order chi connectivity index (χ1) is 12.7. The lowest BCUT2D eigenvalue weighted by Gasteiger charge is -2.33. The van der Waals surface area contributed by atoms with Gasteiger partial charge in [-0.2, -0.15) is 0 Å². The molecular weight excluding hydrogens is 352 g/mol. The Morgan fingerprint density at radius 2 is 2.15 bits per heavy atom. The first kappa shape index (κ1) is 18.5. The van der Waals surface area contributed by atoms with E-state index in [1.807, 2.05) is 48.5 Å². The Labute approximate surface area is 158 Å². The molecule has 1 heterocycles. The standard InChI is InChI=1S/C20H23ClN2O3/c1-25-18-8-3-2-5-15(18)9-10-22-20(24)23-11-12-26-19(14-23)16-6-4-7-17(21)13-16/h2-8,13,19H,9-12,14H2,1H3,(H,22,24). The first-order valence-corrected chi connectivity index (χ1v) is 9.07. The molecule has 1 aliphatic heterocycles. The highest BCUT2D eigenvalue weighted by atomic mass is 35.5. The predicted octanol–water partition coefficient (Wildman–Crippen LogP) is 3.67. The Morgan fingerprint density at radius 3 is 2.96 bits per heavy atom. The Hall–Kier alpha value is -2.24.